The van der Waals surface area contributed by atoms with Gasteiger partial charge in [-0.2, -0.15) is 0 Å². The van der Waals surface area contributed by atoms with Gasteiger partial charge in [0.15, 0.2) is 0 Å². The standard InChI is InChI=1S/C23H28O8/c24-12-19-20(25)21(26)22(27)23(28,31-19)16-3-1-2-15(11-16)10-14-4-6-17(7-5-14)30-18-8-9-29-13-18/h1-7,11,18-22,24-28H,8-10,12-13H2/t18-,19+,20+,21-,22+,23+/m0/s1. The highest BCUT2D eigenvalue weighted by molar-refractivity contribution is 5.35. The Hall–Kier alpha value is -2.04. The van der Waals surface area contributed by atoms with E-state index in [-0.39, 0.29) is 11.7 Å². The molecule has 2 aromatic rings. The van der Waals surface area contributed by atoms with Gasteiger partial charge in [-0.25, -0.2) is 0 Å². The van der Waals surface area contributed by atoms with Crippen molar-refractivity contribution < 1.29 is 39.7 Å². The minimum absolute atomic E-state index is 0.0850. The van der Waals surface area contributed by atoms with Crippen LogP contribution < -0.4 is 4.74 Å². The zero-order valence-electron chi connectivity index (χ0n) is 17.0. The summed E-state index contributed by atoms with van der Waals surface area (Å²) in [6.45, 7) is 0.710. The second kappa shape index (κ2) is 9.22. The monoisotopic (exact) mass is 432 g/mol. The Morgan fingerprint density at radius 3 is 2.45 bits per heavy atom. The summed E-state index contributed by atoms with van der Waals surface area (Å²) in [5, 5.41) is 50.8. The number of hydrogen-bond acceptors (Lipinski definition) is 8. The summed E-state index contributed by atoms with van der Waals surface area (Å²) in [5.41, 5.74) is 2.09. The van der Waals surface area contributed by atoms with E-state index >= 15 is 0 Å². The van der Waals surface area contributed by atoms with Crippen LogP contribution in [0.15, 0.2) is 48.5 Å². The fourth-order valence-corrected chi connectivity index (χ4v) is 4.02. The van der Waals surface area contributed by atoms with Gasteiger partial charge in [-0.05, 0) is 35.7 Å². The van der Waals surface area contributed by atoms with E-state index in [4.69, 9.17) is 14.2 Å². The SMILES string of the molecule is OC[C@H]1O[C@](O)(c2cccc(Cc3ccc(O[C@H]4CCOC4)cc3)c2)[C@H](O)[C@@H](O)[C@@H]1O. The fourth-order valence-electron chi connectivity index (χ4n) is 4.02. The predicted molar refractivity (Wildman–Crippen MR) is 109 cm³/mol. The Morgan fingerprint density at radius 2 is 1.77 bits per heavy atom. The molecule has 0 bridgehead atoms. The van der Waals surface area contributed by atoms with E-state index in [9.17, 15) is 25.5 Å². The summed E-state index contributed by atoms with van der Waals surface area (Å²) < 4.78 is 16.6. The second-order valence-corrected chi connectivity index (χ2v) is 8.09. The highest BCUT2D eigenvalue weighted by Gasteiger charge is 2.53. The number of aliphatic hydroxyl groups is 5. The summed E-state index contributed by atoms with van der Waals surface area (Å²) in [6.07, 6.45) is -4.67. The van der Waals surface area contributed by atoms with E-state index in [1.165, 1.54) is 0 Å². The second-order valence-electron chi connectivity index (χ2n) is 8.09. The van der Waals surface area contributed by atoms with Gasteiger partial charge in [-0.3, -0.25) is 0 Å². The molecule has 31 heavy (non-hydrogen) atoms. The van der Waals surface area contributed by atoms with Crippen molar-refractivity contribution in [3.8, 4) is 5.75 Å². The van der Waals surface area contributed by atoms with Crippen LogP contribution in [-0.2, 0) is 21.7 Å². The molecule has 168 valence electrons. The third-order valence-corrected chi connectivity index (χ3v) is 5.83. The lowest BCUT2D eigenvalue weighted by Crippen LogP contribution is -2.63. The number of rotatable bonds is 6. The largest absolute Gasteiger partial charge is 0.488 e. The molecule has 8 nitrogen and oxygen atoms in total. The first-order chi connectivity index (χ1) is 14.9. The van der Waals surface area contributed by atoms with Crippen LogP contribution in [0.2, 0.25) is 0 Å². The van der Waals surface area contributed by atoms with Crippen LogP contribution in [0.3, 0.4) is 0 Å². The summed E-state index contributed by atoms with van der Waals surface area (Å²) in [6, 6.07) is 14.5. The first-order valence-corrected chi connectivity index (χ1v) is 10.4. The summed E-state index contributed by atoms with van der Waals surface area (Å²) in [5.74, 6) is -1.48. The molecule has 2 aliphatic rings. The van der Waals surface area contributed by atoms with Gasteiger partial charge >= 0.3 is 0 Å². The molecule has 2 heterocycles. The number of benzene rings is 2. The third-order valence-electron chi connectivity index (χ3n) is 5.83. The van der Waals surface area contributed by atoms with Gasteiger partial charge in [0.25, 0.3) is 0 Å². The van der Waals surface area contributed by atoms with Crippen LogP contribution in [0, 0.1) is 0 Å². The molecule has 8 heteroatoms. The Labute approximate surface area is 180 Å². The first-order valence-electron chi connectivity index (χ1n) is 10.4. The average molecular weight is 432 g/mol. The molecule has 2 aromatic carbocycles. The first kappa shape index (κ1) is 22.2. The van der Waals surface area contributed by atoms with E-state index in [0.717, 1.165) is 29.9 Å². The maximum Gasteiger partial charge on any atom is 0.222 e. The Bertz CT molecular complexity index is 864. The molecule has 2 fully saturated rings. The lowest BCUT2D eigenvalue weighted by molar-refractivity contribution is -0.357. The van der Waals surface area contributed by atoms with Crippen molar-refractivity contribution in [3.05, 3.63) is 65.2 Å². The lowest BCUT2D eigenvalue weighted by Gasteiger charge is -2.45. The van der Waals surface area contributed by atoms with Crippen molar-refractivity contribution in [2.75, 3.05) is 19.8 Å². The van der Waals surface area contributed by atoms with Gasteiger partial charge in [-0.1, -0.05) is 30.3 Å². The number of aliphatic hydroxyl groups excluding tert-OH is 4. The van der Waals surface area contributed by atoms with E-state index in [1.54, 1.807) is 18.2 Å². The quantitative estimate of drug-likeness (QED) is 0.434. The van der Waals surface area contributed by atoms with Gasteiger partial charge in [0.2, 0.25) is 5.79 Å². The molecule has 0 aliphatic carbocycles. The fraction of sp³-hybridized carbons (Fsp3) is 0.478. The van der Waals surface area contributed by atoms with Crippen molar-refractivity contribution >= 4 is 0 Å². The number of ether oxygens (including phenoxy) is 3. The molecule has 0 saturated carbocycles. The highest BCUT2D eigenvalue weighted by Crippen LogP contribution is 2.36. The molecule has 0 aromatic heterocycles. The Morgan fingerprint density at radius 1 is 1.00 bits per heavy atom. The van der Waals surface area contributed by atoms with Crippen LogP contribution in [-0.4, -0.2) is 75.9 Å². The van der Waals surface area contributed by atoms with Crippen LogP contribution in [0.1, 0.15) is 23.1 Å². The zero-order chi connectivity index (χ0) is 22.0. The van der Waals surface area contributed by atoms with E-state index in [2.05, 4.69) is 0 Å². The van der Waals surface area contributed by atoms with Crippen LogP contribution in [0.5, 0.6) is 5.75 Å². The van der Waals surface area contributed by atoms with Crippen molar-refractivity contribution in [1.29, 1.82) is 0 Å². The average Bonchev–Trinajstić information content (AvgIpc) is 3.29. The van der Waals surface area contributed by atoms with Crippen molar-refractivity contribution in [1.82, 2.24) is 0 Å². The summed E-state index contributed by atoms with van der Waals surface area (Å²) in [4.78, 5) is 0. The van der Waals surface area contributed by atoms with Gasteiger partial charge in [0, 0.05) is 12.0 Å². The minimum Gasteiger partial charge on any atom is -0.488 e. The maximum absolute atomic E-state index is 11.0. The summed E-state index contributed by atoms with van der Waals surface area (Å²) in [7, 11) is 0. The molecule has 4 rings (SSSR count). The van der Waals surface area contributed by atoms with E-state index in [0.29, 0.717) is 13.0 Å². The molecule has 2 saturated heterocycles. The van der Waals surface area contributed by atoms with Crippen molar-refractivity contribution in [2.45, 2.75) is 49.1 Å². The minimum atomic E-state index is -2.26. The molecule has 5 N–H and O–H groups in total. The molecule has 0 radical (unpaired) electrons. The van der Waals surface area contributed by atoms with Gasteiger partial charge in [0.1, 0.15) is 36.3 Å². The van der Waals surface area contributed by atoms with Crippen LogP contribution in [0.4, 0.5) is 0 Å². The molecule has 0 unspecified atom stereocenters. The topological polar surface area (TPSA) is 129 Å². The highest BCUT2D eigenvalue weighted by atomic mass is 16.7. The van der Waals surface area contributed by atoms with Crippen LogP contribution in [0.25, 0.3) is 0 Å². The van der Waals surface area contributed by atoms with E-state index in [1.807, 2.05) is 30.3 Å². The van der Waals surface area contributed by atoms with Gasteiger partial charge in [-0.15, -0.1) is 0 Å². The normalized spacial score (nSPS) is 33.4. The smallest absolute Gasteiger partial charge is 0.222 e. The third kappa shape index (κ3) is 4.61. The molecular weight excluding hydrogens is 404 g/mol. The van der Waals surface area contributed by atoms with E-state index < -0.39 is 36.8 Å². The zero-order valence-corrected chi connectivity index (χ0v) is 17.0. The Kier molecular flexibility index (Phi) is 6.59. The molecular formula is C23H28O8. The van der Waals surface area contributed by atoms with Crippen molar-refractivity contribution in [3.63, 3.8) is 0 Å². The Balaban J connectivity index is 1.49. The molecule has 0 spiro atoms. The molecule has 0 amide bonds. The van der Waals surface area contributed by atoms with Crippen molar-refractivity contribution in [2.24, 2.45) is 0 Å². The summed E-state index contributed by atoms with van der Waals surface area (Å²) >= 11 is 0. The van der Waals surface area contributed by atoms with Gasteiger partial charge < -0.3 is 39.7 Å². The predicted octanol–water partition coefficient (Wildman–Crippen LogP) is 0.0640. The molecule has 2 aliphatic heterocycles. The lowest BCUT2D eigenvalue weighted by atomic mass is 9.87. The number of hydrogen-bond donors (Lipinski definition) is 5. The maximum atomic E-state index is 11.0. The molecule has 6 atom stereocenters. The van der Waals surface area contributed by atoms with Gasteiger partial charge in [0.05, 0.1) is 19.8 Å². The van der Waals surface area contributed by atoms with Crippen LogP contribution >= 0.6 is 0 Å².